The first-order chi connectivity index (χ1) is 19.2. The van der Waals surface area contributed by atoms with Gasteiger partial charge in [0.25, 0.3) is 0 Å². The number of rotatable bonds is 13. The van der Waals surface area contributed by atoms with Crippen molar-refractivity contribution < 1.29 is 38.8 Å². The van der Waals surface area contributed by atoms with Gasteiger partial charge in [-0.25, -0.2) is 0 Å². The Kier molecular flexibility index (Phi) is 12.2. The normalized spacial score (nSPS) is 18.4. The second kappa shape index (κ2) is 15.3. The van der Waals surface area contributed by atoms with Crippen molar-refractivity contribution in [3.05, 3.63) is 67.8 Å². The minimum absolute atomic E-state index is 0.0298. The molecule has 216 valence electrons. The minimum atomic E-state index is -1.25. The number of halogens is 2. The van der Waals surface area contributed by atoms with Gasteiger partial charge in [-0.05, 0) is 65.4 Å². The smallest absolute Gasteiger partial charge is 0.249 e. The molecule has 0 aromatic heterocycles. The molecular formula is C28H32ClIN2O8. The Hall–Kier alpha value is -2.71. The van der Waals surface area contributed by atoms with Gasteiger partial charge in [-0.2, -0.15) is 0 Å². The van der Waals surface area contributed by atoms with Gasteiger partial charge < -0.3 is 34.6 Å². The number of nitrogens with zero attached hydrogens (tertiary/aromatic N) is 1. The highest BCUT2D eigenvalue weighted by atomic mass is 127. The van der Waals surface area contributed by atoms with Crippen LogP contribution >= 0.6 is 34.2 Å². The zero-order valence-corrected chi connectivity index (χ0v) is 25.1. The lowest BCUT2D eigenvalue weighted by Crippen LogP contribution is -2.55. The molecule has 0 radical (unpaired) electrons. The highest BCUT2D eigenvalue weighted by Crippen LogP contribution is 2.37. The summed E-state index contributed by atoms with van der Waals surface area (Å²) in [6.07, 6.45) is -0.0986. The van der Waals surface area contributed by atoms with E-state index in [0.717, 1.165) is 5.56 Å². The number of carbonyl (C=O) groups excluding carboxylic acids is 3. The van der Waals surface area contributed by atoms with Gasteiger partial charge in [0.1, 0.15) is 25.1 Å². The number of benzene rings is 2. The quantitative estimate of drug-likeness (QED) is 0.217. The summed E-state index contributed by atoms with van der Waals surface area (Å²) in [5.41, 5.74) is 1.42. The largest absolute Gasteiger partial charge is 0.493 e. The van der Waals surface area contributed by atoms with Crippen LogP contribution in [0, 0.1) is 3.57 Å². The standard InChI is InChI=1S/C28H32ClIN2O8/c1-3-39-16-25(35)32(14-17-4-6-20(29)7-5-17)22-12-19(28(37)31-8-9-33)13-23(26(22)36)40-27-21(30)10-18(15-34)11-24(27)38-2/h4-7,10-11,13,15,22-23,26,33,36H,3,8-9,12,14,16H2,1-2H3,(H,31,37)/t22-,23+,26+/m1/s1. The Bertz CT molecular complexity index is 1220. The van der Waals surface area contributed by atoms with Crippen molar-refractivity contribution >= 4 is 52.3 Å². The first-order valence-corrected chi connectivity index (χ1v) is 14.1. The van der Waals surface area contributed by atoms with E-state index in [9.17, 15) is 24.6 Å². The predicted molar refractivity (Wildman–Crippen MR) is 157 cm³/mol. The Morgan fingerprint density at radius 1 is 1.25 bits per heavy atom. The van der Waals surface area contributed by atoms with Crippen molar-refractivity contribution in [1.29, 1.82) is 0 Å². The fraction of sp³-hybridized carbons (Fsp3) is 0.393. The van der Waals surface area contributed by atoms with Crippen LogP contribution < -0.4 is 14.8 Å². The fourth-order valence-electron chi connectivity index (χ4n) is 4.29. The van der Waals surface area contributed by atoms with Gasteiger partial charge in [0.15, 0.2) is 11.5 Å². The Labute approximate surface area is 251 Å². The third-order valence-corrected chi connectivity index (χ3v) is 7.33. The summed E-state index contributed by atoms with van der Waals surface area (Å²) in [5, 5.41) is 24.0. The van der Waals surface area contributed by atoms with Crippen LogP contribution in [0.3, 0.4) is 0 Å². The highest BCUT2D eigenvalue weighted by Gasteiger charge is 2.41. The van der Waals surface area contributed by atoms with Crippen molar-refractivity contribution in [2.45, 2.75) is 38.1 Å². The van der Waals surface area contributed by atoms with Gasteiger partial charge in [0.05, 0.1) is 23.3 Å². The topological polar surface area (TPSA) is 135 Å². The van der Waals surface area contributed by atoms with Gasteiger partial charge in [-0.3, -0.25) is 14.4 Å². The molecule has 10 nitrogen and oxygen atoms in total. The van der Waals surface area contributed by atoms with Crippen molar-refractivity contribution in [2.75, 3.05) is 33.5 Å². The molecule has 2 aromatic rings. The molecule has 2 aromatic carbocycles. The molecule has 0 saturated heterocycles. The summed E-state index contributed by atoms with van der Waals surface area (Å²) in [5.74, 6) is -0.288. The van der Waals surface area contributed by atoms with E-state index in [4.69, 9.17) is 25.8 Å². The number of aliphatic hydroxyl groups excluding tert-OH is 2. The van der Waals surface area contributed by atoms with Gasteiger partial charge in [0, 0.05) is 42.3 Å². The summed E-state index contributed by atoms with van der Waals surface area (Å²) in [7, 11) is 1.43. The molecule has 0 fully saturated rings. The van der Waals surface area contributed by atoms with Crippen LogP contribution in [0.15, 0.2) is 48.0 Å². The van der Waals surface area contributed by atoms with Crippen LogP contribution in [0.25, 0.3) is 0 Å². The molecule has 3 rings (SSSR count). The van der Waals surface area contributed by atoms with E-state index in [1.165, 1.54) is 24.2 Å². The van der Waals surface area contributed by atoms with Gasteiger partial charge in [-0.1, -0.05) is 23.7 Å². The average Bonchev–Trinajstić information content (AvgIpc) is 2.96. The fourth-order valence-corrected chi connectivity index (χ4v) is 5.17. The van der Waals surface area contributed by atoms with Crippen molar-refractivity contribution in [1.82, 2.24) is 10.2 Å². The molecular weight excluding hydrogens is 655 g/mol. The molecule has 3 atom stereocenters. The predicted octanol–water partition coefficient (Wildman–Crippen LogP) is 2.75. The molecule has 3 N–H and O–H groups in total. The summed E-state index contributed by atoms with van der Waals surface area (Å²) in [4.78, 5) is 39.2. The van der Waals surface area contributed by atoms with Gasteiger partial charge >= 0.3 is 0 Å². The Balaban J connectivity index is 2.03. The van der Waals surface area contributed by atoms with Crippen LogP contribution in [-0.2, 0) is 20.9 Å². The van der Waals surface area contributed by atoms with Gasteiger partial charge in [-0.15, -0.1) is 0 Å². The number of aliphatic hydroxyl groups is 2. The monoisotopic (exact) mass is 686 g/mol. The molecule has 40 heavy (non-hydrogen) atoms. The van der Waals surface area contributed by atoms with E-state index >= 15 is 0 Å². The number of nitrogens with one attached hydrogen (secondary N) is 1. The summed E-state index contributed by atoms with van der Waals surface area (Å²) in [6.45, 7) is 1.78. The lowest BCUT2D eigenvalue weighted by molar-refractivity contribution is -0.144. The third kappa shape index (κ3) is 8.16. The molecule has 2 amide bonds. The molecule has 12 heteroatoms. The first kappa shape index (κ1) is 31.8. The third-order valence-electron chi connectivity index (χ3n) is 6.27. The Morgan fingerprint density at radius 3 is 2.60 bits per heavy atom. The Morgan fingerprint density at radius 2 is 1.98 bits per heavy atom. The van der Waals surface area contributed by atoms with Crippen LogP contribution in [-0.4, -0.2) is 84.9 Å². The van der Waals surface area contributed by atoms with E-state index in [2.05, 4.69) is 5.32 Å². The maximum Gasteiger partial charge on any atom is 0.249 e. The van der Waals surface area contributed by atoms with E-state index in [1.807, 2.05) is 22.6 Å². The number of amides is 2. The van der Waals surface area contributed by atoms with Crippen LogP contribution in [0.2, 0.25) is 5.02 Å². The van der Waals surface area contributed by atoms with Crippen LogP contribution in [0.5, 0.6) is 11.5 Å². The molecule has 0 heterocycles. The highest BCUT2D eigenvalue weighted by molar-refractivity contribution is 14.1. The maximum atomic E-state index is 13.4. The molecule has 0 unspecified atom stereocenters. The summed E-state index contributed by atoms with van der Waals surface area (Å²) < 4.78 is 17.6. The molecule has 0 bridgehead atoms. The number of aldehydes is 1. The SMILES string of the molecule is CCOCC(=O)N(Cc1ccc(Cl)cc1)[C@@H]1CC(C(=O)NCCO)=C[C@H](Oc2c(I)cc(C=O)cc2OC)[C@H]1O. The zero-order chi connectivity index (χ0) is 29.2. The molecule has 1 aliphatic rings. The number of hydrogen-bond acceptors (Lipinski definition) is 8. The zero-order valence-electron chi connectivity index (χ0n) is 22.1. The molecule has 0 aliphatic heterocycles. The lowest BCUT2D eigenvalue weighted by atomic mass is 9.87. The summed E-state index contributed by atoms with van der Waals surface area (Å²) >= 11 is 8.04. The maximum absolute atomic E-state index is 13.4. The van der Waals surface area contributed by atoms with E-state index in [1.54, 1.807) is 37.3 Å². The van der Waals surface area contributed by atoms with E-state index < -0.39 is 24.2 Å². The number of hydrogen-bond donors (Lipinski definition) is 3. The number of methoxy groups -OCH3 is 1. The van der Waals surface area contributed by atoms with E-state index in [-0.39, 0.29) is 55.7 Å². The first-order valence-electron chi connectivity index (χ1n) is 12.6. The lowest BCUT2D eigenvalue weighted by Gasteiger charge is -2.40. The number of carbonyl (C=O) groups is 3. The van der Waals surface area contributed by atoms with Gasteiger partial charge in [0.2, 0.25) is 11.8 Å². The second-order valence-corrected chi connectivity index (χ2v) is 10.6. The minimum Gasteiger partial charge on any atom is -0.493 e. The molecule has 0 spiro atoms. The van der Waals surface area contributed by atoms with Crippen molar-refractivity contribution in [3.8, 4) is 11.5 Å². The van der Waals surface area contributed by atoms with Crippen LogP contribution in [0.4, 0.5) is 0 Å². The molecule has 0 saturated carbocycles. The second-order valence-electron chi connectivity index (χ2n) is 8.95. The number of ether oxygens (including phenoxy) is 3. The van der Waals surface area contributed by atoms with Crippen molar-refractivity contribution in [3.63, 3.8) is 0 Å². The van der Waals surface area contributed by atoms with E-state index in [0.29, 0.717) is 27.0 Å². The van der Waals surface area contributed by atoms with Crippen LogP contribution in [0.1, 0.15) is 29.3 Å². The molecule has 1 aliphatic carbocycles. The van der Waals surface area contributed by atoms with Crippen molar-refractivity contribution in [2.24, 2.45) is 0 Å². The average molecular weight is 687 g/mol. The summed E-state index contributed by atoms with van der Waals surface area (Å²) in [6, 6.07) is 9.21.